The number of benzene rings is 1. The van der Waals surface area contributed by atoms with Crippen LogP contribution in [0.5, 0.6) is 0 Å². The highest BCUT2D eigenvalue weighted by Gasteiger charge is 2.47. The van der Waals surface area contributed by atoms with E-state index in [1.165, 1.54) is 0 Å². The number of carbonyl (C=O) groups excluding carboxylic acids is 2. The second kappa shape index (κ2) is 4.50. The Morgan fingerprint density at radius 1 is 1.24 bits per heavy atom. The van der Waals surface area contributed by atoms with E-state index in [0.717, 1.165) is 22.4 Å². The number of nitrogens with zero attached hydrogens (tertiary/aromatic N) is 1. The van der Waals surface area contributed by atoms with Crippen molar-refractivity contribution in [2.75, 3.05) is 0 Å². The molecule has 4 nitrogen and oxygen atoms in total. The molecule has 1 aliphatic rings. The van der Waals surface area contributed by atoms with Crippen LogP contribution in [0.1, 0.15) is 19.4 Å². The summed E-state index contributed by atoms with van der Waals surface area (Å²) in [5, 5.41) is 0.508. The van der Waals surface area contributed by atoms with Crippen LogP contribution in [-0.2, 0) is 16.2 Å². The quantitative estimate of drug-likeness (QED) is 0.828. The van der Waals surface area contributed by atoms with Crippen LogP contribution in [0.4, 0.5) is 4.79 Å². The van der Waals surface area contributed by atoms with Crippen LogP contribution in [0.3, 0.4) is 0 Å². The maximum absolute atomic E-state index is 11.8. The molecule has 1 aromatic rings. The van der Waals surface area contributed by atoms with Gasteiger partial charge in [-0.05, 0) is 31.2 Å². The summed E-state index contributed by atoms with van der Waals surface area (Å²) in [5.74, 6) is -0.302. The molecule has 90 valence electrons. The van der Waals surface area contributed by atoms with Crippen LogP contribution in [0, 0.1) is 0 Å². The Bertz CT molecular complexity index is 444. The van der Waals surface area contributed by atoms with E-state index in [4.69, 9.17) is 4.84 Å². The molecule has 1 fully saturated rings. The lowest BCUT2D eigenvalue weighted by molar-refractivity contribution is -0.169. The van der Waals surface area contributed by atoms with E-state index < -0.39 is 4.75 Å². The Labute approximate surface area is 104 Å². The fourth-order valence-corrected chi connectivity index (χ4v) is 2.28. The Morgan fingerprint density at radius 2 is 1.88 bits per heavy atom. The number of rotatable bonds is 3. The van der Waals surface area contributed by atoms with E-state index in [1.54, 1.807) is 13.8 Å². The van der Waals surface area contributed by atoms with Crippen LogP contribution < -0.4 is 0 Å². The lowest BCUT2D eigenvalue weighted by Crippen LogP contribution is -2.35. The topological polar surface area (TPSA) is 46.6 Å². The minimum atomic E-state index is -0.728. The smallest absolute Gasteiger partial charge is 0.270 e. The SMILES string of the molecule is CC1(C)SC(=O)N(OCc2ccccc2)C1=O. The van der Waals surface area contributed by atoms with Crippen LogP contribution in [0.25, 0.3) is 0 Å². The molecule has 0 spiro atoms. The molecule has 0 N–H and O–H groups in total. The van der Waals surface area contributed by atoms with Crippen molar-refractivity contribution in [1.82, 2.24) is 5.06 Å². The number of hydrogen-bond donors (Lipinski definition) is 0. The van der Waals surface area contributed by atoms with Gasteiger partial charge in [0.2, 0.25) is 0 Å². The van der Waals surface area contributed by atoms with Gasteiger partial charge in [-0.25, -0.2) is 0 Å². The molecule has 1 aromatic carbocycles. The summed E-state index contributed by atoms with van der Waals surface area (Å²) < 4.78 is -0.728. The summed E-state index contributed by atoms with van der Waals surface area (Å²) in [6, 6.07) is 9.41. The highest BCUT2D eigenvalue weighted by molar-refractivity contribution is 8.15. The van der Waals surface area contributed by atoms with Gasteiger partial charge >= 0.3 is 5.24 Å². The van der Waals surface area contributed by atoms with Crippen molar-refractivity contribution in [3.63, 3.8) is 0 Å². The molecule has 1 heterocycles. The van der Waals surface area contributed by atoms with Crippen molar-refractivity contribution in [2.24, 2.45) is 0 Å². The van der Waals surface area contributed by atoms with Crippen molar-refractivity contribution in [3.05, 3.63) is 35.9 Å². The second-order valence-electron chi connectivity index (χ2n) is 4.24. The lowest BCUT2D eigenvalue weighted by Gasteiger charge is -2.15. The van der Waals surface area contributed by atoms with E-state index in [-0.39, 0.29) is 17.8 Å². The summed E-state index contributed by atoms with van der Waals surface area (Å²) in [6.45, 7) is 3.64. The number of thioether (sulfide) groups is 1. The third kappa shape index (κ3) is 2.50. The third-order valence-corrected chi connectivity index (χ3v) is 3.44. The van der Waals surface area contributed by atoms with Gasteiger partial charge in [-0.1, -0.05) is 30.3 Å². The van der Waals surface area contributed by atoms with E-state index >= 15 is 0 Å². The molecule has 0 saturated carbocycles. The van der Waals surface area contributed by atoms with E-state index in [0.29, 0.717) is 0 Å². The van der Waals surface area contributed by atoms with Gasteiger partial charge < -0.3 is 0 Å². The van der Waals surface area contributed by atoms with Gasteiger partial charge in [0.05, 0.1) is 0 Å². The summed E-state index contributed by atoms with van der Waals surface area (Å²) >= 11 is 0.987. The lowest BCUT2D eigenvalue weighted by atomic mass is 10.2. The normalized spacial score (nSPS) is 18.8. The van der Waals surface area contributed by atoms with Gasteiger partial charge in [-0.15, -0.1) is 5.06 Å². The zero-order valence-corrected chi connectivity index (χ0v) is 10.5. The molecule has 0 aromatic heterocycles. The number of hydroxylamine groups is 2. The molecule has 5 heteroatoms. The van der Waals surface area contributed by atoms with Crippen LogP contribution in [0.15, 0.2) is 30.3 Å². The molecule has 2 rings (SSSR count). The summed E-state index contributed by atoms with van der Waals surface area (Å²) in [4.78, 5) is 28.6. The van der Waals surface area contributed by atoms with Gasteiger partial charge in [0.15, 0.2) is 0 Å². The molecule has 0 atom stereocenters. The largest absolute Gasteiger partial charge is 0.313 e. The highest BCUT2D eigenvalue weighted by Crippen LogP contribution is 2.36. The van der Waals surface area contributed by atoms with Gasteiger partial charge in [-0.3, -0.25) is 14.4 Å². The first-order valence-corrected chi connectivity index (χ1v) is 6.07. The third-order valence-electron chi connectivity index (χ3n) is 2.41. The average molecular weight is 251 g/mol. The number of amides is 2. The molecule has 1 aliphatic heterocycles. The van der Waals surface area contributed by atoms with Crippen molar-refractivity contribution < 1.29 is 14.4 Å². The standard InChI is InChI=1S/C12H13NO3S/c1-12(2)10(14)13(11(15)17-12)16-8-9-6-4-3-5-7-9/h3-7H,8H2,1-2H3. The predicted octanol–water partition coefficient (Wildman–Crippen LogP) is 2.59. The molecular weight excluding hydrogens is 238 g/mol. The Morgan fingerprint density at radius 3 is 2.41 bits per heavy atom. The van der Waals surface area contributed by atoms with Crippen molar-refractivity contribution in [1.29, 1.82) is 0 Å². The zero-order valence-electron chi connectivity index (χ0n) is 9.67. The monoisotopic (exact) mass is 251 g/mol. The number of imide groups is 1. The fraction of sp³-hybridized carbons (Fsp3) is 0.333. The maximum atomic E-state index is 11.8. The molecular formula is C12H13NO3S. The van der Waals surface area contributed by atoms with Crippen molar-refractivity contribution >= 4 is 22.9 Å². The summed E-state index contributed by atoms with van der Waals surface area (Å²) in [5.41, 5.74) is 0.919. The van der Waals surface area contributed by atoms with Crippen LogP contribution in [0.2, 0.25) is 0 Å². The summed E-state index contributed by atoms with van der Waals surface area (Å²) in [6.07, 6.45) is 0. The zero-order chi connectivity index (χ0) is 12.5. The predicted molar refractivity (Wildman–Crippen MR) is 65.1 cm³/mol. The van der Waals surface area contributed by atoms with Crippen molar-refractivity contribution in [3.8, 4) is 0 Å². The number of hydrogen-bond acceptors (Lipinski definition) is 4. The molecule has 0 aliphatic carbocycles. The minimum absolute atomic E-state index is 0.217. The first-order chi connectivity index (χ1) is 8.00. The Hall–Kier alpha value is -1.33. The van der Waals surface area contributed by atoms with E-state index in [9.17, 15) is 9.59 Å². The van der Waals surface area contributed by atoms with E-state index in [2.05, 4.69) is 0 Å². The van der Waals surface area contributed by atoms with Crippen LogP contribution >= 0.6 is 11.8 Å². The first-order valence-electron chi connectivity index (χ1n) is 5.25. The minimum Gasteiger partial charge on any atom is -0.270 e. The van der Waals surface area contributed by atoms with Gasteiger partial charge in [0, 0.05) is 0 Å². The van der Waals surface area contributed by atoms with E-state index in [1.807, 2.05) is 30.3 Å². The van der Waals surface area contributed by atoms with Gasteiger partial charge in [-0.2, -0.15) is 0 Å². The van der Waals surface area contributed by atoms with Gasteiger partial charge in [0.1, 0.15) is 11.4 Å². The second-order valence-corrected chi connectivity index (χ2v) is 5.81. The highest BCUT2D eigenvalue weighted by atomic mass is 32.2. The number of carbonyl (C=O) groups is 2. The molecule has 17 heavy (non-hydrogen) atoms. The van der Waals surface area contributed by atoms with Crippen molar-refractivity contribution in [2.45, 2.75) is 25.2 Å². The fourth-order valence-electron chi connectivity index (χ4n) is 1.46. The molecule has 0 unspecified atom stereocenters. The Kier molecular flexibility index (Phi) is 3.22. The molecule has 2 amide bonds. The first kappa shape index (κ1) is 12.1. The Balaban J connectivity index is 2.01. The average Bonchev–Trinajstić information content (AvgIpc) is 2.48. The molecule has 0 bridgehead atoms. The molecule has 1 saturated heterocycles. The summed E-state index contributed by atoms with van der Waals surface area (Å²) in [7, 11) is 0. The molecule has 0 radical (unpaired) electrons. The maximum Gasteiger partial charge on any atom is 0.313 e. The van der Waals surface area contributed by atoms with Crippen LogP contribution in [-0.4, -0.2) is 21.0 Å². The van der Waals surface area contributed by atoms with Gasteiger partial charge in [0.25, 0.3) is 5.91 Å².